The molecule has 9 aromatic carbocycles. The lowest BCUT2D eigenvalue weighted by molar-refractivity contribution is 0.669. The van der Waals surface area contributed by atoms with Crippen LogP contribution in [0.25, 0.3) is 66.1 Å². The molecule has 0 radical (unpaired) electrons. The molecule has 2 aliphatic carbocycles. The van der Waals surface area contributed by atoms with Gasteiger partial charge in [0.15, 0.2) is 0 Å². The van der Waals surface area contributed by atoms with E-state index in [1.807, 2.05) is 0 Å². The second-order valence-corrected chi connectivity index (χ2v) is 14.7. The highest BCUT2D eigenvalue weighted by molar-refractivity contribution is 6.19. The Balaban J connectivity index is 1.20. The van der Waals surface area contributed by atoms with E-state index in [2.05, 4.69) is 205 Å². The van der Waals surface area contributed by atoms with Gasteiger partial charge in [0.1, 0.15) is 11.2 Å². The van der Waals surface area contributed by atoms with Crippen LogP contribution in [0.1, 0.15) is 22.3 Å². The molecule has 2 aliphatic rings. The Hall–Kier alpha value is -7.16. The summed E-state index contributed by atoms with van der Waals surface area (Å²) in [5.41, 5.74) is 17.5. The van der Waals surface area contributed by atoms with Crippen LogP contribution in [0.4, 0.5) is 17.1 Å². The van der Waals surface area contributed by atoms with Gasteiger partial charge in [0, 0.05) is 27.7 Å². The molecule has 0 aliphatic heterocycles. The number of rotatable bonds is 4. The molecule has 2 heteroatoms. The molecule has 10 aromatic rings. The maximum absolute atomic E-state index is 6.58. The predicted molar refractivity (Wildman–Crippen MR) is 228 cm³/mol. The molecule has 1 aromatic heterocycles. The lowest BCUT2D eigenvalue weighted by Gasteiger charge is -2.33. The number of benzene rings is 9. The summed E-state index contributed by atoms with van der Waals surface area (Å²) in [4.78, 5) is 2.46. The standard InChI is InChI=1S/C53H33NO/c1-2-17-35(18-3-1)54(48-31-32-50-52(43-23-9-13-28-49(43)55-50)51(48)42-24-14-16-34-15-4-5-19-37(34)42)36-29-30-41-40-22-8-12-27-46(40)53(47(41)33-36)44-25-10-6-20-38(44)39-21-7-11-26-45(39)53/h1-33H. The predicted octanol–water partition coefficient (Wildman–Crippen LogP) is 14.2. The second kappa shape index (κ2) is 11.4. The number of nitrogens with zero attached hydrogens (tertiary/aromatic N) is 1. The van der Waals surface area contributed by atoms with Crippen molar-refractivity contribution in [1.82, 2.24) is 0 Å². The summed E-state index contributed by atoms with van der Waals surface area (Å²) < 4.78 is 6.58. The highest BCUT2D eigenvalue weighted by Crippen LogP contribution is 2.63. The van der Waals surface area contributed by atoms with Crippen LogP contribution in [0.2, 0.25) is 0 Å². The van der Waals surface area contributed by atoms with Crippen LogP contribution in [-0.4, -0.2) is 0 Å². The quantitative estimate of drug-likeness (QED) is 0.182. The van der Waals surface area contributed by atoms with Crippen molar-refractivity contribution >= 4 is 49.8 Å². The van der Waals surface area contributed by atoms with Gasteiger partial charge >= 0.3 is 0 Å². The zero-order valence-corrected chi connectivity index (χ0v) is 29.9. The van der Waals surface area contributed by atoms with Gasteiger partial charge in [-0.3, -0.25) is 0 Å². The first-order valence-corrected chi connectivity index (χ1v) is 19.0. The van der Waals surface area contributed by atoms with Crippen molar-refractivity contribution in [3.8, 4) is 33.4 Å². The summed E-state index contributed by atoms with van der Waals surface area (Å²) in [6.07, 6.45) is 0. The van der Waals surface area contributed by atoms with Gasteiger partial charge in [-0.25, -0.2) is 0 Å². The average molecular weight is 700 g/mol. The molecule has 2 nitrogen and oxygen atoms in total. The van der Waals surface area contributed by atoms with Gasteiger partial charge in [0.05, 0.1) is 11.1 Å². The van der Waals surface area contributed by atoms with Crippen LogP contribution in [-0.2, 0) is 5.41 Å². The lowest BCUT2D eigenvalue weighted by Crippen LogP contribution is -2.26. The Morgan fingerprint density at radius 1 is 0.364 bits per heavy atom. The average Bonchev–Trinajstić information content (AvgIpc) is 3.88. The van der Waals surface area contributed by atoms with Gasteiger partial charge in [-0.1, -0.05) is 158 Å². The van der Waals surface area contributed by atoms with Crippen molar-refractivity contribution in [2.75, 3.05) is 4.90 Å². The van der Waals surface area contributed by atoms with Gasteiger partial charge in [-0.05, 0) is 103 Å². The molecular formula is C53H33NO. The SMILES string of the molecule is c1ccc(N(c2ccc3c(c2)C2(c4ccccc4-c4ccccc42)c2ccccc2-3)c2ccc3oc4ccccc4c3c2-c2cccc3ccccc23)cc1. The minimum absolute atomic E-state index is 0.444. The van der Waals surface area contributed by atoms with E-state index in [0.29, 0.717) is 0 Å². The first kappa shape index (κ1) is 30.3. The number of anilines is 3. The van der Waals surface area contributed by atoms with Crippen molar-refractivity contribution in [3.63, 3.8) is 0 Å². The summed E-state index contributed by atoms with van der Waals surface area (Å²) in [5.74, 6) is 0. The Morgan fingerprint density at radius 2 is 0.927 bits per heavy atom. The number of hydrogen-bond donors (Lipinski definition) is 0. The summed E-state index contributed by atoms with van der Waals surface area (Å²) in [6.45, 7) is 0. The van der Waals surface area contributed by atoms with Crippen LogP contribution in [0.3, 0.4) is 0 Å². The number of fused-ring (bicyclic) bond motifs is 14. The number of para-hydroxylation sites is 2. The highest BCUT2D eigenvalue weighted by atomic mass is 16.3. The lowest BCUT2D eigenvalue weighted by atomic mass is 9.70. The molecule has 0 N–H and O–H groups in total. The molecule has 0 fully saturated rings. The van der Waals surface area contributed by atoms with Crippen molar-refractivity contribution in [2.24, 2.45) is 0 Å². The normalized spacial score (nSPS) is 13.2. The van der Waals surface area contributed by atoms with E-state index in [9.17, 15) is 0 Å². The van der Waals surface area contributed by atoms with Crippen molar-refractivity contribution in [1.29, 1.82) is 0 Å². The Morgan fingerprint density at radius 3 is 1.65 bits per heavy atom. The van der Waals surface area contributed by atoms with E-state index in [-0.39, 0.29) is 0 Å². The number of furan rings is 1. The van der Waals surface area contributed by atoms with E-state index in [4.69, 9.17) is 4.42 Å². The third kappa shape index (κ3) is 4.08. The summed E-state index contributed by atoms with van der Waals surface area (Å²) in [6, 6.07) is 73.3. The minimum atomic E-state index is -0.444. The maximum atomic E-state index is 6.58. The zero-order valence-electron chi connectivity index (χ0n) is 29.9. The van der Waals surface area contributed by atoms with Crippen LogP contribution in [0.5, 0.6) is 0 Å². The minimum Gasteiger partial charge on any atom is -0.456 e. The molecule has 1 spiro atoms. The highest BCUT2D eigenvalue weighted by Gasteiger charge is 2.51. The molecule has 256 valence electrons. The molecule has 0 saturated carbocycles. The molecular weight excluding hydrogens is 667 g/mol. The van der Waals surface area contributed by atoms with Crippen molar-refractivity contribution < 1.29 is 4.42 Å². The molecule has 0 saturated heterocycles. The fourth-order valence-corrected chi connectivity index (χ4v) is 9.93. The number of hydrogen-bond acceptors (Lipinski definition) is 2. The fourth-order valence-electron chi connectivity index (χ4n) is 9.93. The third-order valence-corrected chi connectivity index (χ3v) is 12.1. The topological polar surface area (TPSA) is 16.4 Å². The van der Waals surface area contributed by atoms with E-state index in [0.717, 1.165) is 44.6 Å². The van der Waals surface area contributed by atoms with Crippen LogP contribution in [0.15, 0.2) is 205 Å². The summed E-state index contributed by atoms with van der Waals surface area (Å²) in [5, 5.41) is 4.64. The third-order valence-electron chi connectivity index (χ3n) is 12.1. The molecule has 55 heavy (non-hydrogen) atoms. The zero-order chi connectivity index (χ0) is 36.1. The monoisotopic (exact) mass is 699 g/mol. The Kier molecular flexibility index (Phi) is 6.29. The molecule has 0 bridgehead atoms. The molecule has 0 unspecified atom stereocenters. The molecule has 0 atom stereocenters. The first-order chi connectivity index (χ1) is 27.3. The van der Waals surface area contributed by atoms with Gasteiger partial charge in [-0.15, -0.1) is 0 Å². The second-order valence-electron chi connectivity index (χ2n) is 14.7. The molecule has 1 heterocycles. The van der Waals surface area contributed by atoms with E-state index >= 15 is 0 Å². The van der Waals surface area contributed by atoms with Crippen LogP contribution < -0.4 is 4.90 Å². The largest absolute Gasteiger partial charge is 0.456 e. The van der Waals surface area contributed by atoms with E-state index in [1.54, 1.807) is 0 Å². The fraction of sp³-hybridized carbons (Fsp3) is 0.0189. The molecule has 0 amide bonds. The van der Waals surface area contributed by atoms with E-state index < -0.39 is 5.41 Å². The van der Waals surface area contributed by atoms with Crippen LogP contribution >= 0.6 is 0 Å². The Bertz CT molecular complexity index is 3100. The Labute approximate surface area is 319 Å². The summed E-state index contributed by atoms with van der Waals surface area (Å²) >= 11 is 0. The van der Waals surface area contributed by atoms with Gasteiger partial charge in [-0.2, -0.15) is 0 Å². The molecule has 12 rings (SSSR count). The van der Waals surface area contributed by atoms with Gasteiger partial charge < -0.3 is 9.32 Å². The smallest absolute Gasteiger partial charge is 0.136 e. The first-order valence-electron chi connectivity index (χ1n) is 19.0. The maximum Gasteiger partial charge on any atom is 0.136 e. The van der Waals surface area contributed by atoms with Crippen molar-refractivity contribution in [2.45, 2.75) is 5.41 Å². The van der Waals surface area contributed by atoms with Crippen molar-refractivity contribution in [3.05, 3.63) is 222 Å². The van der Waals surface area contributed by atoms with Crippen LogP contribution in [0, 0.1) is 0 Å². The van der Waals surface area contributed by atoms with Gasteiger partial charge in [0.2, 0.25) is 0 Å². The van der Waals surface area contributed by atoms with E-state index in [1.165, 1.54) is 60.8 Å². The summed E-state index contributed by atoms with van der Waals surface area (Å²) in [7, 11) is 0. The van der Waals surface area contributed by atoms with Gasteiger partial charge in [0.25, 0.3) is 0 Å².